The van der Waals surface area contributed by atoms with Crippen molar-refractivity contribution in [3.8, 4) is 0 Å². The summed E-state index contributed by atoms with van der Waals surface area (Å²) in [5.74, 6) is -1.40. The van der Waals surface area contributed by atoms with Crippen LogP contribution in [-0.2, 0) is 6.18 Å². The van der Waals surface area contributed by atoms with E-state index in [0.717, 1.165) is 30.2 Å². The number of pyridine rings is 1. The summed E-state index contributed by atoms with van der Waals surface area (Å²) in [4.78, 5) is 15.9. The molecule has 21 heavy (non-hydrogen) atoms. The summed E-state index contributed by atoms with van der Waals surface area (Å²) in [6.45, 7) is 0. The largest absolute Gasteiger partial charge is 0.417 e. The Morgan fingerprint density at radius 1 is 1.24 bits per heavy atom. The van der Waals surface area contributed by atoms with Gasteiger partial charge in [0, 0.05) is 22.9 Å². The van der Waals surface area contributed by atoms with Crippen molar-refractivity contribution >= 4 is 17.5 Å². The van der Waals surface area contributed by atoms with E-state index in [1.54, 1.807) is 6.07 Å². The summed E-state index contributed by atoms with van der Waals surface area (Å²) in [5.41, 5.74) is -1.49. The number of nitrogens with zero attached hydrogens (tertiary/aromatic N) is 1. The van der Waals surface area contributed by atoms with E-state index in [1.807, 2.05) is 0 Å². The number of alkyl halides is 3. The molecule has 2 nitrogen and oxygen atoms in total. The molecule has 0 unspecified atom stereocenters. The molecule has 0 saturated heterocycles. The highest BCUT2D eigenvalue weighted by Gasteiger charge is 2.34. The van der Waals surface area contributed by atoms with Crippen molar-refractivity contribution in [1.29, 1.82) is 0 Å². The molecule has 0 N–H and O–H groups in total. The maximum absolute atomic E-state index is 13.0. The van der Waals surface area contributed by atoms with Crippen LogP contribution in [-0.4, -0.2) is 16.5 Å². The van der Waals surface area contributed by atoms with Crippen molar-refractivity contribution < 1.29 is 22.4 Å². The number of hydrogen-bond acceptors (Lipinski definition) is 3. The number of ketones is 1. The molecule has 0 fully saturated rings. The highest BCUT2D eigenvalue weighted by Crippen LogP contribution is 2.32. The zero-order chi connectivity index (χ0) is 15.5. The van der Waals surface area contributed by atoms with Crippen LogP contribution in [0.5, 0.6) is 0 Å². The Morgan fingerprint density at radius 2 is 2.00 bits per heavy atom. The highest BCUT2D eigenvalue weighted by atomic mass is 32.2. The van der Waals surface area contributed by atoms with Crippen LogP contribution >= 0.6 is 11.8 Å². The van der Waals surface area contributed by atoms with Gasteiger partial charge < -0.3 is 0 Å². The molecular weight excluding hydrogens is 306 g/mol. The molecule has 0 aliphatic rings. The molecule has 0 aliphatic carbocycles. The van der Waals surface area contributed by atoms with E-state index in [4.69, 9.17) is 0 Å². The van der Waals surface area contributed by atoms with Crippen molar-refractivity contribution in [3.63, 3.8) is 0 Å². The van der Waals surface area contributed by atoms with Gasteiger partial charge in [0.15, 0.2) is 5.78 Å². The Bertz CT molecular complexity index is 657. The molecule has 0 spiro atoms. The second-order valence-corrected chi connectivity index (χ2v) is 5.14. The summed E-state index contributed by atoms with van der Waals surface area (Å²) in [6.07, 6.45) is -2.73. The number of rotatable bonds is 4. The second kappa shape index (κ2) is 6.26. The van der Waals surface area contributed by atoms with E-state index >= 15 is 0 Å². The summed E-state index contributed by atoms with van der Waals surface area (Å²) in [5, 5.41) is 0. The third-order valence-electron chi connectivity index (χ3n) is 2.59. The molecule has 0 aliphatic heterocycles. The molecule has 0 saturated carbocycles. The van der Waals surface area contributed by atoms with Gasteiger partial charge in [0.25, 0.3) is 0 Å². The smallest absolute Gasteiger partial charge is 0.293 e. The zero-order valence-corrected chi connectivity index (χ0v) is 11.3. The van der Waals surface area contributed by atoms with E-state index in [0.29, 0.717) is 4.90 Å². The maximum Gasteiger partial charge on any atom is 0.417 e. The van der Waals surface area contributed by atoms with Crippen LogP contribution in [0.2, 0.25) is 0 Å². The van der Waals surface area contributed by atoms with Gasteiger partial charge in [-0.25, -0.2) is 4.39 Å². The molecule has 1 aromatic heterocycles. The lowest BCUT2D eigenvalue weighted by Gasteiger charge is -2.11. The molecule has 7 heteroatoms. The fourth-order valence-corrected chi connectivity index (χ4v) is 2.47. The Balaban J connectivity index is 2.14. The predicted octanol–water partition coefficient (Wildman–Crippen LogP) is 4.21. The van der Waals surface area contributed by atoms with E-state index in [2.05, 4.69) is 4.98 Å². The monoisotopic (exact) mass is 315 g/mol. The van der Waals surface area contributed by atoms with Crippen LogP contribution in [0.15, 0.2) is 47.6 Å². The highest BCUT2D eigenvalue weighted by molar-refractivity contribution is 8.00. The SMILES string of the molecule is O=C(CSc1cccc(F)c1)c1cnccc1C(F)(F)F. The lowest BCUT2D eigenvalue weighted by molar-refractivity contribution is -0.138. The Kier molecular flexibility index (Phi) is 4.62. The lowest BCUT2D eigenvalue weighted by atomic mass is 10.1. The van der Waals surface area contributed by atoms with E-state index < -0.39 is 28.9 Å². The third kappa shape index (κ3) is 4.04. The number of thioether (sulfide) groups is 1. The quantitative estimate of drug-likeness (QED) is 0.481. The fraction of sp³-hybridized carbons (Fsp3) is 0.143. The average Bonchev–Trinajstić information content (AvgIpc) is 2.44. The molecule has 110 valence electrons. The number of carbonyl (C=O) groups is 1. The van der Waals surface area contributed by atoms with Crippen LogP contribution in [0.3, 0.4) is 0 Å². The van der Waals surface area contributed by atoms with Gasteiger partial charge in [-0.15, -0.1) is 11.8 Å². The molecule has 0 bridgehead atoms. The minimum absolute atomic E-state index is 0.224. The first-order valence-electron chi connectivity index (χ1n) is 5.80. The molecule has 2 rings (SSSR count). The van der Waals surface area contributed by atoms with Gasteiger partial charge in [0.1, 0.15) is 5.82 Å². The molecule has 0 amide bonds. The number of carbonyl (C=O) groups excluding carboxylic acids is 1. The molecule has 0 atom stereocenters. The van der Waals surface area contributed by atoms with Crippen LogP contribution in [0.25, 0.3) is 0 Å². The van der Waals surface area contributed by atoms with Gasteiger partial charge in [0.05, 0.1) is 11.3 Å². The van der Waals surface area contributed by atoms with Gasteiger partial charge in [-0.2, -0.15) is 13.2 Å². The van der Waals surface area contributed by atoms with Crippen molar-refractivity contribution in [2.75, 3.05) is 5.75 Å². The number of benzene rings is 1. The summed E-state index contributed by atoms with van der Waals surface area (Å²) >= 11 is 0.972. The maximum atomic E-state index is 13.0. The molecule has 1 heterocycles. The van der Waals surface area contributed by atoms with Gasteiger partial charge in [-0.05, 0) is 24.3 Å². The molecule has 0 radical (unpaired) electrons. The number of hydrogen-bond donors (Lipinski definition) is 0. The van der Waals surface area contributed by atoms with Crippen molar-refractivity contribution in [2.24, 2.45) is 0 Å². The van der Waals surface area contributed by atoms with Crippen molar-refractivity contribution in [3.05, 3.63) is 59.7 Å². The molecule has 2 aromatic rings. The van der Waals surface area contributed by atoms with E-state index in [-0.39, 0.29) is 5.75 Å². The van der Waals surface area contributed by atoms with Crippen molar-refractivity contribution in [1.82, 2.24) is 4.98 Å². The summed E-state index contributed by atoms with van der Waals surface area (Å²) in [7, 11) is 0. The van der Waals surface area contributed by atoms with Crippen molar-refractivity contribution in [2.45, 2.75) is 11.1 Å². The van der Waals surface area contributed by atoms with Gasteiger partial charge >= 0.3 is 6.18 Å². The van der Waals surface area contributed by atoms with Crippen LogP contribution in [0.1, 0.15) is 15.9 Å². The van der Waals surface area contributed by atoms with E-state index in [9.17, 15) is 22.4 Å². The average molecular weight is 315 g/mol. The van der Waals surface area contributed by atoms with E-state index in [1.165, 1.54) is 18.2 Å². The first-order chi connectivity index (χ1) is 9.88. The van der Waals surface area contributed by atoms with Gasteiger partial charge in [-0.3, -0.25) is 9.78 Å². The van der Waals surface area contributed by atoms with Crippen LogP contribution in [0, 0.1) is 5.82 Å². The number of Topliss-reactive ketones (excluding diaryl/α,β-unsaturated/α-hetero) is 1. The minimum Gasteiger partial charge on any atom is -0.293 e. The standard InChI is InChI=1S/C14H9F4NOS/c15-9-2-1-3-10(6-9)21-8-13(20)11-7-19-5-4-12(11)14(16,17)18/h1-7H,8H2. The molecule has 1 aromatic carbocycles. The van der Waals surface area contributed by atoms with Crippen LogP contribution in [0.4, 0.5) is 17.6 Å². The predicted molar refractivity (Wildman–Crippen MR) is 70.7 cm³/mol. The second-order valence-electron chi connectivity index (χ2n) is 4.09. The lowest BCUT2D eigenvalue weighted by Crippen LogP contribution is -2.14. The Hall–Kier alpha value is -1.89. The Morgan fingerprint density at radius 3 is 2.67 bits per heavy atom. The summed E-state index contributed by atoms with van der Waals surface area (Å²) < 4.78 is 51.3. The summed E-state index contributed by atoms with van der Waals surface area (Å²) in [6, 6.07) is 6.27. The first kappa shape index (κ1) is 15.5. The third-order valence-corrected chi connectivity index (χ3v) is 3.59. The first-order valence-corrected chi connectivity index (χ1v) is 6.79. The number of aromatic nitrogens is 1. The molecular formula is C14H9F4NOS. The normalized spacial score (nSPS) is 11.4. The Labute approximate surface area is 122 Å². The van der Waals surface area contributed by atoms with Crippen LogP contribution < -0.4 is 0 Å². The fourth-order valence-electron chi connectivity index (χ4n) is 1.65. The topological polar surface area (TPSA) is 30.0 Å². The van der Waals surface area contributed by atoms with Gasteiger partial charge in [-0.1, -0.05) is 6.07 Å². The number of halogens is 4. The van der Waals surface area contributed by atoms with Gasteiger partial charge in [0.2, 0.25) is 0 Å². The zero-order valence-electron chi connectivity index (χ0n) is 10.5. The minimum atomic E-state index is -4.61.